The molecule has 1 unspecified atom stereocenters. The molecular formula is C12H16N2O5S2. The molecule has 21 heavy (non-hydrogen) atoms. The molecule has 1 aliphatic rings. The zero-order chi connectivity index (χ0) is 15.5. The molecule has 9 heteroatoms. The smallest absolute Gasteiger partial charge is 0.323 e. The van der Waals surface area contributed by atoms with Gasteiger partial charge in [0.25, 0.3) is 0 Å². The van der Waals surface area contributed by atoms with Gasteiger partial charge in [-0.2, -0.15) is 11.3 Å². The summed E-state index contributed by atoms with van der Waals surface area (Å²) < 4.78 is 23.0. The third-order valence-corrected chi connectivity index (χ3v) is 5.72. The number of rotatable bonds is 5. The van der Waals surface area contributed by atoms with Gasteiger partial charge in [0.15, 0.2) is 9.84 Å². The van der Waals surface area contributed by atoms with Gasteiger partial charge >= 0.3 is 12.0 Å². The first-order valence-corrected chi connectivity index (χ1v) is 9.11. The first-order chi connectivity index (χ1) is 9.87. The Labute approximate surface area is 126 Å². The van der Waals surface area contributed by atoms with Gasteiger partial charge in [0.1, 0.15) is 6.54 Å². The van der Waals surface area contributed by atoms with E-state index in [4.69, 9.17) is 5.11 Å². The molecule has 1 aromatic heterocycles. The molecule has 7 nitrogen and oxygen atoms in total. The topological polar surface area (TPSA) is 104 Å². The standard InChI is InChI=1S/C12H16N2O5S2/c15-11(16)6-14(10-2-4-21(18,19)8-10)12(17)13-5-9-1-3-20-7-9/h1,3,7,10H,2,4-6,8H2,(H,13,17)(H,15,16). The zero-order valence-electron chi connectivity index (χ0n) is 11.2. The first kappa shape index (κ1) is 15.8. The number of sulfone groups is 1. The SMILES string of the molecule is O=C(O)CN(C(=O)NCc1ccsc1)C1CCS(=O)(=O)C1. The Kier molecular flexibility index (Phi) is 4.84. The van der Waals surface area contributed by atoms with Crippen molar-refractivity contribution in [3.8, 4) is 0 Å². The monoisotopic (exact) mass is 332 g/mol. The van der Waals surface area contributed by atoms with E-state index < -0.39 is 34.4 Å². The molecule has 1 saturated heterocycles. The van der Waals surface area contributed by atoms with Crippen LogP contribution in [0.3, 0.4) is 0 Å². The maximum absolute atomic E-state index is 12.1. The van der Waals surface area contributed by atoms with Gasteiger partial charge in [-0.1, -0.05) is 0 Å². The van der Waals surface area contributed by atoms with E-state index in [1.165, 1.54) is 11.3 Å². The summed E-state index contributed by atoms with van der Waals surface area (Å²) >= 11 is 1.50. The molecular weight excluding hydrogens is 316 g/mol. The summed E-state index contributed by atoms with van der Waals surface area (Å²) in [5, 5.41) is 15.3. The van der Waals surface area contributed by atoms with Gasteiger partial charge in [0.05, 0.1) is 11.5 Å². The summed E-state index contributed by atoms with van der Waals surface area (Å²) in [6, 6.07) is 0.728. The van der Waals surface area contributed by atoms with Crippen molar-refractivity contribution in [2.24, 2.45) is 0 Å². The van der Waals surface area contributed by atoms with Gasteiger partial charge in [0.2, 0.25) is 0 Å². The number of thiophene rings is 1. The van der Waals surface area contributed by atoms with Crippen LogP contribution in [-0.4, -0.2) is 54.5 Å². The van der Waals surface area contributed by atoms with Crippen LogP contribution in [0.5, 0.6) is 0 Å². The first-order valence-electron chi connectivity index (χ1n) is 6.35. The molecule has 2 rings (SSSR count). The molecule has 0 bridgehead atoms. The van der Waals surface area contributed by atoms with Crippen molar-refractivity contribution in [1.29, 1.82) is 0 Å². The number of carbonyl (C=O) groups excluding carboxylic acids is 1. The Bertz CT molecular complexity index is 612. The Hall–Kier alpha value is -1.61. The van der Waals surface area contributed by atoms with Crippen molar-refractivity contribution in [3.05, 3.63) is 22.4 Å². The minimum absolute atomic E-state index is 0.00834. The molecule has 0 aromatic carbocycles. The summed E-state index contributed by atoms with van der Waals surface area (Å²) in [6.07, 6.45) is 0.279. The summed E-state index contributed by atoms with van der Waals surface area (Å²) in [6.45, 7) is -0.215. The van der Waals surface area contributed by atoms with Crippen LogP contribution < -0.4 is 5.32 Å². The summed E-state index contributed by atoms with van der Waals surface area (Å²) in [5.74, 6) is -1.34. The van der Waals surface area contributed by atoms with Crippen LogP contribution in [0, 0.1) is 0 Å². The van der Waals surface area contributed by atoms with Crippen LogP contribution >= 0.6 is 11.3 Å². The second-order valence-electron chi connectivity index (χ2n) is 4.87. The fourth-order valence-corrected chi connectivity index (χ4v) is 4.61. The van der Waals surface area contributed by atoms with Gasteiger partial charge in [-0.3, -0.25) is 4.79 Å². The molecule has 1 aliphatic heterocycles. The van der Waals surface area contributed by atoms with Gasteiger partial charge in [-0.15, -0.1) is 0 Å². The Morgan fingerprint density at radius 1 is 1.48 bits per heavy atom. The van der Waals surface area contributed by atoms with Crippen molar-refractivity contribution in [2.75, 3.05) is 18.1 Å². The lowest BCUT2D eigenvalue weighted by Gasteiger charge is -2.26. The van der Waals surface area contributed by atoms with Crippen LogP contribution in [0.25, 0.3) is 0 Å². The normalized spacial score (nSPS) is 20.1. The maximum Gasteiger partial charge on any atom is 0.323 e. The van der Waals surface area contributed by atoms with E-state index in [0.29, 0.717) is 0 Å². The van der Waals surface area contributed by atoms with E-state index in [9.17, 15) is 18.0 Å². The van der Waals surface area contributed by atoms with Gasteiger partial charge in [-0.05, 0) is 28.8 Å². The maximum atomic E-state index is 12.1. The van der Waals surface area contributed by atoms with Crippen LogP contribution in [-0.2, 0) is 21.2 Å². The Balaban J connectivity index is 2.01. The summed E-state index contributed by atoms with van der Waals surface area (Å²) in [7, 11) is -3.18. The van der Waals surface area contributed by atoms with Crippen molar-refractivity contribution < 1.29 is 23.1 Å². The highest BCUT2D eigenvalue weighted by molar-refractivity contribution is 7.91. The molecule has 2 N–H and O–H groups in total. The number of hydrogen-bond donors (Lipinski definition) is 2. The van der Waals surface area contributed by atoms with E-state index in [2.05, 4.69) is 5.32 Å². The predicted molar refractivity (Wildman–Crippen MR) is 78.0 cm³/mol. The molecule has 2 heterocycles. The van der Waals surface area contributed by atoms with E-state index in [1.54, 1.807) is 0 Å². The lowest BCUT2D eigenvalue weighted by molar-refractivity contribution is -0.138. The van der Waals surface area contributed by atoms with Gasteiger partial charge in [0, 0.05) is 12.6 Å². The van der Waals surface area contributed by atoms with Crippen molar-refractivity contribution in [2.45, 2.75) is 19.0 Å². The third kappa shape index (κ3) is 4.43. The van der Waals surface area contributed by atoms with Crippen LogP contribution in [0.2, 0.25) is 0 Å². The van der Waals surface area contributed by atoms with E-state index in [-0.39, 0.29) is 24.5 Å². The number of carboxylic acid groups (broad SMARTS) is 1. The number of amides is 2. The average Bonchev–Trinajstić information content (AvgIpc) is 3.02. The fourth-order valence-electron chi connectivity index (χ4n) is 2.21. The van der Waals surface area contributed by atoms with Crippen molar-refractivity contribution in [1.82, 2.24) is 10.2 Å². The Morgan fingerprint density at radius 3 is 2.76 bits per heavy atom. The number of aliphatic carboxylic acids is 1. The predicted octanol–water partition coefficient (Wildman–Crippen LogP) is 0.531. The van der Waals surface area contributed by atoms with E-state index in [1.807, 2.05) is 16.8 Å². The third-order valence-electron chi connectivity index (χ3n) is 3.24. The number of hydrogen-bond acceptors (Lipinski definition) is 5. The van der Waals surface area contributed by atoms with Crippen molar-refractivity contribution >= 4 is 33.2 Å². The lowest BCUT2D eigenvalue weighted by Crippen LogP contribution is -2.48. The molecule has 1 fully saturated rings. The molecule has 1 atom stereocenters. The Morgan fingerprint density at radius 2 is 2.24 bits per heavy atom. The fraction of sp³-hybridized carbons (Fsp3) is 0.500. The van der Waals surface area contributed by atoms with E-state index in [0.717, 1.165) is 10.5 Å². The van der Waals surface area contributed by atoms with Crippen LogP contribution in [0.1, 0.15) is 12.0 Å². The minimum atomic E-state index is -3.18. The average molecular weight is 332 g/mol. The molecule has 0 aliphatic carbocycles. The number of nitrogens with zero attached hydrogens (tertiary/aromatic N) is 1. The van der Waals surface area contributed by atoms with Crippen LogP contribution in [0.15, 0.2) is 16.8 Å². The molecule has 0 radical (unpaired) electrons. The van der Waals surface area contributed by atoms with Gasteiger partial charge in [-0.25, -0.2) is 13.2 Å². The van der Waals surface area contributed by atoms with Crippen molar-refractivity contribution in [3.63, 3.8) is 0 Å². The second kappa shape index (κ2) is 6.44. The number of carboxylic acids is 1. The quantitative estimate of drug-likeness (QED) is 0.818. The largest absolute Gasteiger partial charge is 0.480 e. The van der Waals surface area contributed by atoms with E-state index >= 15 is 0 Å². The lowest BCUT2D eigenvalue weighted by atomic mass is 10.2. The summed E-state index contributed by atoms with van der Waals surface area (Å²) in [4.78, 5) is 24.1. The molecule has 1 aromatic rings. The minimum Gasteiger partial charge on any atom is -0.480 e. The molecule has 0 saturated carbocycles. The number of urea groups is 1. The molecule has 2 amide bonds. The zero-order valence-corrected chi connectivity index (χ0v) is 12.8. The summed E-state index contributed by atoms with van der Waals surface area (Å²) in [5.41, 5.74) is 0.919. The highest BCUT2D eigenvalue weighted by Gasteiger charge is 2.35. The molecule has 0 spiro atoms. The number of nitrogens with one attached hydrogen (secondary N) is 1. The second-order valence-corrected chi connectivity index (χ2v) is 7.88. The number of carbonyl (C=O) groups is 2. The van der Waals surface area contributed by atoms with Crippen LogP contribution in [0.4, 0.5) is 4.79 Å². The highest BCUT2D eigenvalue weighted by atomic mass is 32.2. The van der Waals surface area contributed by atoms with Gasteiger partial charge < -0.3 is 15.3 Å². The highest BCUT2D eigenvalue weighted by Crippen LogP contribution is 2.18. The molecule has 116 valence electrons.